The topological polar surface area (TPSA) is 4.93 Å². The lowest BCUT2D eigenvalue weighted by Crippen LogP contribution is -1.96. The van der Waals surface area contributed by atoms with E-state index < -0.39 is 0 Å². The highest BCUT2D eigenvalue weighted by molar-refractivity contribution is 7.28. The van der Waals surface area contributed by atoms with E-state index in [0.29, 0.717) is 0 Å². The van der Waals surface area contributed by atoms with Crippen LogP contribution in [0, 0.1) is 13.8 Å². The fourth-order valence-electron chi connectivity index (χ4n) is 5.49. The van der Waals surface area contributed by atoms with Gasteiger partial charge in [0.15, 0.2) is 0 Å². The summed E-state index contributed by atoms with van der Waals surface area (Å²) >= 11 is 0. The van der Waals surface area contributed by atoms with Crippen LogP contribution in [0.25, 0.3) is 50.6 Å². The van der Waals surface area contributed by atoms with E-state index >= 15 is 0 Å². The van der Waals surface area contributed by atoms with Gasteiger partial charge < -0.3 is 4.57 Å². The Morgan fingerprint density at radius 1 is 0.587 bits per heavy atom. The van der Waals surface area contributed by atoms with Gasteiger partial charge in [-0.25, -0.2) is 0 Å². The van der Waals surface area contributed by atoms with Gasteiger partial charge in [-0.3, -0.25) is 0 Å². The van der Waals surface area contributed by atoms with Crippen molar-refractivity contribution in [3.05, 3.63) is 179 Å². The van der Waals surface area contributed by atoms with Gasteiger partial charge in [0.25, 0.3) is 0 Å². The first kappa shape index (κ1) is 32.4. The van der Waals surface area contributed by atoms with E-state index in [0.717, 1.165) is 0 Å². The van der Waals surface area contributed by atoms with Crippen molar-refractivity contribution < 1.29 is 0 Å². The lowest BCUT2D eigenvalue weighted by atomic mass is 9.96. The molecule has 0 radical (unpaired) electrons. The molecule has 228 valence electrons. The molecule has 0 bridgehead atoms. The van der Waals surface area contributed by atoms with Crippen LogP contribution in [0.1, 0.15) is 43.0 Å². The lowest BCUT2D eigenvalue weighted by molar-refractivity contribution is 1.13. The Balaban J connectivity index is 0.000000406. The molecule has 7 aromatic rings. The van der Waals surface area contributed by atoms with Crippen LogP contribution in [0.5, 0.6) is 0 Å². The Kier molecular flexibility index (Phi) is 11.2. The fraction of sp³-hybridized carbons (Fsp3) is 0.114. The number of aryl methyl sites for hydroxylation is 2. The molecule has 46 heavy (non-hydrogen) atoms. The molecule has 0 unspecified atom stereocenters. The van der Waals surface area contributed by atoms with Crippen LogP contribution in [0.4, 0.5) is 0 Å². The van der Waals surface area contributed by atoms with Crippen LogP contribution < -0.4 is 0 Å². The average molecular weight is 616 g/mol. The molecule has 1 nitrogen and oxygen atoms in total. The maximum absolute atomic E-state index is 2.36. The molecule has 0 atom stereocenters. The van der Waals surface area contributed by atoms with Crippen molar-refractivity contribution in [2.24, 2.45) is 0 Å². The van der Waals surface area contributed by atoms with Crippen molar-refractivity contribution >= 4 is 30.7 Å². The van der Waals surface area contributed by atoms with Gasteiger partial charge in [0, 0.05) is 11.1 Å². The van der Waals surface area contributed by atoms with Crippen molar-refractivity contribution in [2.75, 3.05) is 0 Å². The number of aromatic nitrogens is 1. The standard InChI is InChI=1S/C36H29N.C6H7P.C2H6/c1-26-18-19-30(23-32(26)22-27(2)28-12-6-3-7-13-28)31-20-21-35-33(24-31)25-36(29-14-8-4-9-15-29)37(35)34-16-10-5-11-17-34;1-6-2-4-7-5-3-6;1-2/h3-25H,1-2H3;2-5H,1H3;1-2H3/b27-22+;;. The minimum Gasteiger partial charge on any atom is -0.309 e. The number of rotatable bonds is 5. The summed E-state index contributed by atoms with van der Waals surface area (Å²) in [6.45, 7) is 10.5. The summed E-state index contributed by atoms with van der Waals surface area (Å²) in [7, 11) is 1.31. The Morgan fingerprint density at radius 2 is 1.17 bits per heavy atom. The quantitative estimate of drug-likeness (QED) is 0.170. The third-order valence-corrected chi connectivity index (χ3v) is 8.59. The first-order chi connectivity index (χ1) is 22.6. The number of hydrogen-bond acceptors (Lipinski definition) is 0. The molecule has 7 rings (SSSR count). The van der Waals surface area contributed by atoms with Crippen LogP contribution in [-0.4, -0.2) is 4.57 Å². The predicted molar refractivity (Wildman–Crippen MR) is 204 cm³/mol. The zero-order valence-corrected chi connectivity index (χ0v) is 28.4. The number of hydrogen-bond donors (Lipinski definition) is 0. The Hall–Kier alpha value is -4.97. The number of fused-ring (bicyclic) bond motifs is 1. The van der Waals surface area contributed by atoms with Crippen molar-refractivity contribution in [2.45, 2.75) is 34.6 Å². The first-order valence-electron chi connectivity index (χ1n) is 16.0. The maximum Gasteiger partial charge on any atom is 0.0540 e. The summed E-state index contributed by atoms with van der Waals surface area (Å²) in [5.41, 5.74) is 13.6. The van der Waals surface area contributed by atoms with E-state index in [9.17, 15) is 0 Å². The van der Waals surface area contributed by atoms with Gasteiger partial charge in [0.2, 0.25) is 0 Å². The Labute approximate surface area is 276 Å². The van der Waals surface area contributed by atoms with Crippen molar-refractivity contribution in [1.29, 1.82) is 0 Å². The average Bonchev–Trinajstić information content (AvgIpc) is 3.51. The van der Waals surface area contributed by atoms with Crippen LogP contribution in [0.15, 0.2) is 157 Å². The van der Waals surface area contributed by atoms with E-state index in [1.807, 2.05) is 13.8 Å². The van der Waals surface area contributed by atoms with Gasteiger partial charge in [-0.2, -0.15) is 0 Å². The van der Waals surface area contributed by atoms with Crippen LogP contribution in [0.2, 0.25) is 0 Å². The van der Waals surface area contributed by atoms with Gasteiger partial charge in [0.05, 0.1) is 11.2 Å². The molecule has 0 saturated carbocycles. The van der Waals surface area contributed by atoms with Crippen LogP contribution in [-0.2, 0) is 0 Å². The molecule has 0 aliphatic carbocycles. The van der Waals surface area contributed by atoms with Gasteiger partial charge in [0.1, 0.15) is 0 Å². The fourth-order valence-corrected chi connectivity index (χ4v) is 6.23. The van der Waals surface area contributed by atoms with Gasteiger partial charge in [-0.15, -0.1) is 0 Å². The Morgan fingerprint density at radius 3 is 1.80 bits per heavy atom. The third kappa shape index (κ3) is 7.81. The second kappa shape index (κ2) is 15.8. The highest BCUT2D eigenvalue weighted by Crippen LogP contribution is 2.35. The molecule has 5 aromatic carbocycles. The number of nitrogens with zero attached hydrogens (tertiary/aromatic N) is 1. The van der Waals surface area contributed by atoms with E-state index in [1.54, 1.807) is 0 Å². The highest BCUT2D eigenvalue weighted by atomic mass is 31.0. The normalized spacial score (nSPS) is 10.8. The molecule has 0 saturated heterocycles. The minimum absolute atomic E-state index is 1.17. The molecule has 0 N–H and O–H groups in total. The van der Waals surface area contributed by atoms with E-state index in [1.165, 1.54) is 75.0 Å². The molecule has 0 amide bonds. The molecule has 0 fully saturated rings. The van der Waals surface area contributed by atoms with Gasteiger partial charge in [-0.05, 0) is 108 Å². The summed E-state index contributed by atoms with van der Waals surface area (Å²) in [4.78, 5) is 0. The zero-order chi connectivity index (χ0) is 32.3. The predicted octanol–water partition coefficient (Wildman–Crippen LogP) is 13.4. The zero-order valence-electron chi connectivity index (χ0n) is 27.5. The number of para-hydroxylation sites is 1. The van der Waals surface area contributed by atoms with E-state index in [2.05, 4.69) is 189 Å². The van der Waals surface area contributed by atoms with E-state index in [4.69, 9.17) is 0 Å². The van der Waals surface area contributed by atoms with Crippen LogP contribution in [0.3, 0.4) is 0 Å². The third-order valence-electron chi connectivity index (χ3n) is 7.95. The van der Waals surface area contributed by atoms with Crippen molar-refractivity contribution in [3.8, 4) is 28.1 Å². The van der Waals surface area contributed by atoms with E-state index in [-0.39, 0.29) is 0 Å². The smallest absolute Gasteiger partial charge is 0.0540 e. The second-order valence-corrected chi connectivity index (χ2v) is 12.0. The SMILES string of the molecule is C/C(=C\c1cc(-c2ccc3c(c2)cc(-c2ccccc2)n3-c2ccccc2)ccc1C)c1ccccc1.CC.Cc1ccpcc1. The molecule has 2 aromatic heterocycles. The summed E-state index contributed by atoms with van der Waals surface area (Å²) in [5, 5.41) is 1.23. The van der Waals surface area contributed by atoms with Crippen molar-refractivity contribution in [1.82, 2.24) is 4.57 Å². The monoisotopic (exact) mass is 615 g/mol. The molecule has 2 heteroatoms. The molecule has 0 aliphatic rings. The molecular weight excluding hydrogens is 573 g/mol. The molecule has 0 aliphatic heterocycles. The lowest BCUT2D eigenvalue weighted by Gasteiger charge is -2.12. The van der Waals surface area contributed by atoms with Gasteiger partial charge >= 0.3 is 0 Å². The summed E-state index contributed by atoms with van der Waals surface area (Å²) in [6, 6.07) is 52.0. The highest BCUT2D eigenvalue weighted by Gasteiger charge is 2.13. The summed E-state index contributed by atoms with van der Waals surface area (Å²) < 4.78 is 2.36. The second-order valence-electron chi connectivity index (χ2n) is 11.1. The van der Waals surface area contributed by atoms with Crippen LogP contribution >= 0.6 is 8.19 Å². The molecule has 2 heterocycles. The Bertz CT molecular complexity index is 2010. The summed E-state index contributed by atoms with van der Waals surface area (Å²) in [6.07, 6.45) is 2.30. The van der Waals surface area contributed by atoms with Crippen molar-refractivity contribution in [3.63, 3.8) is 0 Å². The maximum atomic E-state index is 2.36. The largest absolute Gasteiger partial charge is 0.309 e. The summed E-state index contributed by atoms with van der Waals surface area (Å²) in [5.74, 6) is 4.27. The molecular formula is C44H42NP. The number of benzene rings is 5. The number of allylic oxidation sites excluding steroid dienone is 1. The first-order valence-corrected chi connectivity index (χ1v) is 17.1. The molecule has 0 spiro atoms. The van der Waals surface area contributed by atoms with Gasteiger partial charge in [-0.1, -0.05) is 143 Å². The minimum atomic E-state index is 1.17.